The smallest absolute Gasteiger partial charge is 0.122 e. The molecule has 2 N–H and O–H groups in total. The van der Waals surface area contributed by atoms with Gasteiger partial charge in [-0.05, 0) is 38.0 Å². The first-order valence-corrected chi connectivity index (χ1v) is 5.66. The summed E-state index contributed by atoms with van der Waals surface area (Å²) in [6, 6.07) is 0. The van der Waals surface area contributed by atoms with Crippen LogP contribution in [0.25, 0.3) is 0 Å². The lowest BCUT2D eigenvalue weighted by Crippen LogP contribution is -2.61. The van der Waals surface area contributed by atoms with Gasteiger partial charge in [-0.15, -0.1) is 0 Å². The van der Waals surface area contributed by atoms with Crippen molar-refractivity contribution in [1.29, 1.82) is 0 Å². The van der Waals surface area contributed by atoms with E-state index in [0.29, 0.717) is 0 Å². The van der Waals surface area contributed by atoms with Gasteiger partial charge in [0.25, 0.3) is 0 Å². The van der Waals surface area contributed by atoms with Crippen molar-refractivity contribution >= 4 is 0 Å². The van der Waals surface area contributed by atoms with Crippen molar-refractivity contribution < 1.29 is 4.74 Å². The fourth-order valence-corrected chi connectivity index (χ4v) is 2.57. The standard InChI is InChI=1S/C12H20N2O/c1-10-6-3-4-7-12(10,15-2)11-13-8-5-9-14-11/h5-6,8,11,13-14H,3-4,7,9H2,1-2H3. The summed E-state index contributed by atoms with van der Waals surface area (Å²) in [7, 11) is 1.81. The van der Waals surface area contributed by atoms with Crippen LogP contribution in [0.15, 0.2) is 23.9 Å². The molecule has 0 bridgehead atoms. The van der Waals surface area contributed by atoms with Gasteiger partial charge < -0.3 is 10.1 Å². The summed E-state index contributed by atoms with van der Waals surface area (Å²) < 4.78 is 5.80. The van der Waals surface area contributed by atoms with Crippen molar-refractivity contribution in [3.05, 3.63) is 23.9 Å². The summed E-state index contributed by atoms with van der Waals surface area (Å²) in [5, 5.41) is 6.80. The van der Waals surface area contributed by atoms with Crippen LogP contribution in [0.3, 0.4) is 0 Å². The van der Waals surface area contributed by atoms with Crippen LogP contribution in [0.5, 0.6) is 0 Å². The number of hydrogen-bond donors (Lipinski definition) is 2. The number of hydrogen-bond acceptors (Lipinski definition) is 3. The largest absolute Gasteiger partial charge is 0.373 e. The molecule has 1 heterocycles. The SMILES string of the molecule is COC1(C2NC=CCN2)CCCC=C1C. The van der Waals surface area contributed by atoms with Gasteiger partial charge >= 0.3 is 0 Å². The summed E-state index contributed by atoms with van der Waals surface area (Å²) in [6.45, 7) is 3.08. The second-order valence-corrected chi connectivity index (χ2v) is 4.28. The maximum absolute atomic E-state index is 5.80. The summed E-state index contributed by atoms with van der Waals surface area (Å²) in [5.74, 6) is 0. The summed E-state index contributed by atoms with van der Waals surface area (Å²) in [6.07, 6.45) is 10.1. The molecule has 2 unspecified atom stereocenters. The Morgan fingerprint density at radius 1 is 1.53 bits per heavy atom. The van der Waals surface area contributed by atoms with E-state index in [1.807, 2.05) is 13.3 Å². The second kappa shape index (κ2) is 4.37. The number of ether oxygens (including phenoxy) is 1. The highest BCUT2D eigenvalue weighted by atomic mass is 16.5. The van der Waals surface area contributed by atoms with Crippen LogP contribution in [0.4, 0.5) is 0 Å². The molecule has 1 aliphatic heterocycles. The van der Waals surface area contributed by atoms with Crippen LogP contribution in [-0.2, 0) is 4.74 Å². The molecule has 0 radical (unpaired) electrons. The molecule has 2 atom stereocenters. The van der Waals surface area contributed by atoms with Crippen LogP contribution >= 0.6 is 0 Å². The van der Waals surface area contributed by atoms with E-state index < -0.39 is 0 Å². The molecule has 0 fully saturated rings. The van der Waals surface area contributed by atoms with Gasteiger partial charge in [-0.25, -0.2) is 0 Å². The van der Waals surface area contributed by atoms with Crippen LogP contribution < -0.4 is 10.6 Å². The van der Waals surface area contributed by atoms with Gasteiger partial charge in [-0.3, -0.25) is 5.32 Å². The molecule has 3 nitrogen and oxygen atoms in total. The van der Waals surface area contributed by atoms with Crippen molar-refractivity contribution in [3.63, 3.8) is 0 Å². The minimum atomic E-state index is -0.164. The van der Waals surface area contributed by atoms with Gasteiger partial charge in [-0.1, -0.05) is 12.2 Å². The van der Waals surface area contributed by atoms with Crippen molar-refractivity contribution in [2.24, 2.45) is 0 Å². The third-order valence-electron chi connectivity index (χ3n) is 3.52. The van der Waals surface area contributed by atoms with Gasteiger partial charge in [0.15, 0.2) is 0 Å². The summed E-state index contributed by atoms with van der Waals surface area (Å²) >= 11 is 0. The van der Waals surface area contributed by atoms with Crippen molar-refractivity contribution in [2.45, 2.75) is 38.0 Å². The summed E-state index contributed by atoms with van der Waals surface area (Å²) in [4.78, 5) is 0. The minimum Gasteiger partial charge on any atom is -0.373 e. The Labute approximate surface area is 91.6 Å². The predicted octanol–water partition coefficient (Wildman–Crippen LogP) is 1.53. The minimum absolute atomic E-state index is 0.164. The lowest BCUT2D eigenvalue weighted by atomic mass is 9.81. The monoisotopic (exact) mass is 208 g/mol. The Kier molecular flexibility index (Phi) is 3.12. The van der Waals surface area contributed by atoms with E-state index in [2.05, 4.69) is 29.7 Å². The molecule has 0 spiro atoms. The molecule has 0 aromatic rings. The maximum Gasteiger partial charge on any atom is 0.122 e. The van der Waals surface area contributed by atoms with Crippen molar-refractivity contribution in [1.82, 2.24) is 10.6 Å². The van der Waals surface area contributed by atoms with E-state index in [9.17, 15) is 0 Å². The van der Waals surface area contributed by atoms with Crippen LogP contribution in [0.1, 0.15) is 26.2 Å². The van der Waals surface area contributed by atoms with Gasteiger partial charge in [0.1, 0.15) is 11.8 Å². The Balaban J connectivity index is 2.23. The van der Waals surface area contributed by atoms with Gasteiger partial charge in [-0.2, -0.15) is 0 Å². The van der Waals surface area contributed by atoms with E-state index in [4.69, 9.17) is 4.74 Å². The third kappa shape index (κ3) is 1.82. The Hall–Kier alpha value is -0.800. The fraction of sp³-hybridized carbons (Fsp3) is 0.667. The molecule has 2 rings (SSSR count). The molecule has 0 saturated heterocycles. The lowest BCUT2D eigenvalue weighted by molar-refractivity contribution is -0.0284. The summed E-state index contributed by atoms with van der Waals surface area (Å²) in [5.41, 5.74) is 1.18. The van der Waals surface area contributed by atoms with E-state index in [-0.39, 0.29) is 11.8 Å². The third-order valence-corrected chi connectivity index (χ3v) is 3.52. The molecule has 0 saturated carbocycles. The zero-order valence-electron chi connectivity index (χ0n) is 9.55. The zero-order chi connectivity index (χ0) is 10.7. The molecule has 2 aliphatic rings. The number of nitrogens with one attached hydrogen (secondary N) is 2. The molecule has 15 heavy (non-hydrogen) atoms. The Morgan fingerprint density at radius 2 is 2.40 bits per heavy atom. The van der Waals surface area contributed by atoms with Gasteiger partial charge in [0.05, 0.1) is 0 Å². The first-order chi connectivity index (χ1) is 7.29. The molecule has 1 aliphatic carbocycles. The first kappa shape index (κ1) is 10.7. The normalized spacial score (nSPS) is 35.9. The number of allylic oxidation sites excluding steroid dienone is 1. The number of rotatable bonds is 2. The molecular formula is C12H20N2O. The van der Waals surface area contributed by atoms with E-state index in [0.717, 1.165) is 13.0 Å². The van der Waals surface area contributed by atoms with Crippen molar-refractivity contribution in [3.8, 4) is 0 Å². The quantitative estimate of drug-likeness (QED) is 0.675. The lowest BCUT2D eigenvalue weighted by Gasteiger charge is -2.44. The fourth-order valence-electron chi connectivity index (χ4n) is 2.57. The molecule has 84 valence electrons. The Bertz CT molecular complexity index is 285. The highest BCUT2D eigenvalue weighted by Crippen LogP contribution is 2.34. The maximum atomic E-state index is 5.80. The Morgan fingerprint density at radius 3 is 3.00 bits per heavy atom. The van der Waals surface area contributed by atoms with E-state index in [1.165, 1.54) is 18.4 Å². The molecule has 3 heteroatoms. The van der Waals surface area contributed by atoms with Crippen molar-refractivity contribution in [2.75, 3.05) is 13.7 Å². The molecule has 0 aromatic heterocycles. The average Bonchev–Trinajstić information content (AvgIpc) is 2.31. The van der Waals surface area contributed by atoms with Crippen LogP contribution in [-0.4, -0.2) is 25.4 Å². The predicted molar refractivity (Wildman–Crippen MR) is 61.4 cm³/mol. The van der Waals surface area contributed by atoms with E-state index >= 15 is 0 Å². The van der Waals surface area contributed by atoms with Gasteiger partial charge in [0.2, 0.25) is 0 Å². The van der Waals surface area contributed by atoms with Gasteiger partial charge in [0, 0.05) is 13.7 Å². The molecule has 0 aromatic carbocycles. The van der Waals surface area contributed by atoms with E-state index in [1.54, 1.807) is 0 Å². The second-order valence-electron chi connectivity index (χ2n) is 4.28. The zero-order valence-corrected chi connectivity index (χ0v) is 9.55. The number of methoxy groups -OCH3 is 1. The molecule has 0 amide bonds. The highest BCUT2D eigenvalue weighted by Gasteiger charge is 2.41. The topological polar surface area (TPSA) is 33.3 Å². The highest BCUT2D eigenvalue weighted by molar-refractivity contribution is 5.22. The molecular weight excluding hydrogens is 188 g/mol. The first-order valence-electron chi connectivity index (χ1n) is 5.66. The average molecular weight is 208 g/mol. The van der Waals surface area contributed by atoms with Crippen LogP contribution in [0.2, 0.25) is 0 Å². The van der Waals surface area contributed by atoms with Crippen LogP contribution in [0, 0.1) is 0 Å².